The molecule has 0 fully saturated rings. The third-order valence-electron chi connectivity index (χ3n) is 2.51. The highest BCUT2D eigenvalue weighted by Crippen LogP contribution is 2.29. The second kappa shape index (κ2) is 7.11. The number of carbonyl (C=O) groups is 2. The Balaban J connectivity index is 1.92. The number of ether oxygens (including phenoxy) is 1. The van der Waals surface area contributed by atoms with Crippen molar-refractivity contribution in [2.45, 2.75) is 6.42 Å². The first-order valence-electron chi connectivity index (χ1n) is 6.06. The van der Waals surface area contributed by atoms with Gasteiger partial charge in [-0.3, -0.25) is 9.59 Å². The van der Waals surface area contributed by atoms with Crippen molar-refractivity contribution in [1.29, 1.82) is 0 Å². The summed E-state index contributed by atoms with van der Waals surface area (Å²) in [6, 6.07) is 13.4. The zero-order valence-corrected chi connectivity index (χ0v) is 12.3. The first-order valence-corrected chi connectivity index (χ1v) is 6.81. The van der Waals surface area contributed by atoms with Gasteiger partial charge >= 0.3 is 5.97 Å². The second-order valence-corrected chi connectivity index (χ2v) is 4.90. The number of para-hydroxylation sites is 1. The van der Waals surface area contributed by atoms with Crippen molar-refractivity contribution in [3.05, 3.63) is 58.6 Å². The number of hydrogen-bond acceptors (Lipinski definition) is 3. The van der Waals surface area contributed by atoms with E-state index < -0.39 is 18.3 Å². The van der Waals surface area contributed by atoms with E-state index in [1.54, 1.807) is 48.5 Å². The molecule has 2 aromatic carbocycles. The molecule has 4 nitrogen and oxygen atoms in total. The summed E-state index contributed by atoms with van der Waals surface area (Å²) in [6.07, 6.45) is -0.419. The molecule has 2 aromatic rings. The Hall–Kier alpha value is -2.04. The van der Waals surface area contributed by atoms with E-state index in [1.807, 2.05) is 0 Å². The van der Waals surface area contributed by atoms with Gasteiger partial charge in [0.25, 0.3) is 0 Å². The van der Waals surface area contributed by atoms with Crippen molar-refractivity contribution >= 4 is 40.8 Å². The molecule has 0 saturated heterocycles. The summed E-state index contributed by atoms with van der Waals surface area (Å²) >= 11 is 11.8. The average molecular weight is 324 g/mol. The van der Waals surface area contributed by atoms with E-state index in [-0.39, 0.29) is 5.02 Å². The van der Waals surface area contributed by atoms with Crippen LogP contribution in [-0.2, 0) is 9.59 Å². The number of nitrogens with one attached hydrogen (secondary N) is 1. The molecule has 2 rings (SSSR count). The van der Waals surface area contributed by atoms with E-state index >= 15 is 0 Å². The largest absolute Gasteiger partial charge is 0.426 e. The number of rotatable bonds is 4. The third kappa shape index (κ3) is 4.48. The maximum Gasteiger partial charge on any atom is 0.320 e. The Morgan fingerprint density at radius 2 is 1.71 bits per heavy atom. The maximum atomic E-state index is 11.8. The fourth-order valence-electron chi connectivity index (χ4n) is 1.58. The van der Waals surface area contributed by atoms with Gasteiger partial charge in [0.2, 0.25) is 5.91 Å². The molecule has 0 aromatic heterocycles. The molecule has 0 aliphatic carbocycles. The lowest BCUT2D eigenvalue weighted by Crippen LogP contribution is -2.20. The van der Waals surface area contributed by atoms with Gasteiger partial charge in [-0.05, 0) is 24.3 Å². The van der Waals surface area contributed by atoms with E-state index in [4.69, 9.17) is 27.9 Å². The molecule has 1 amide bonds. The Morgan fingerprint density at radius 3 is 2.43 bits per heavy atom. The standard InChI is InChI=1S/C15H11Cl2NO3/c16-11-7-4-8-12(15(11)17)18-13(19)9-14(20)21-10-5-2-1-3-6-10/h1-8H,9H2,(H,18,19). The Morgan fingerprint density at radius 1 is 1.00 bits per heavy atom. The SMILES string of the molecule is O=C(CC(=O)Oc1ccccc1)Nc1cccc(Cl)c1Cl. The molecule has 0 spiro atoms. The second-order valence-electron chi connectivity index (χ2n) is 4.11. The number of carbonyl (C=O) groups excluding carboxylic acids is 2. The predicted molar refractivity (Wildman–Crippen MR) is 81.8 cm³/mol. The van der Waals surface area contributed by atoms with Crippen molar-refractivity contribution in [3.8, 4) is 5.75 Å². The van der Waals surface area contributed by atoms with E-state index in [9.17, 15) is 9.59 Å². The molecule has 0 aliphatic heterocycles. The average Bonchev–Trinajstić information content (AvgIpc) is 2.44. The first-order chi connectivity index (χ1) is 10.1. The highest BCUT2D eigenvalue weighted by atomic mass is 35.5. The molecule has 0 unspecified atom stereocenters. The van der Waals surface area contributed by atoms with Crippen LogP contribution in [-0.4, -0.2) is 11.9 Å². The van der Waals surface area contributed by atoms with E-state index in [0.717, 1.165) is 0 Å². The van der Waals surface area contributed by atoms with Gasteiger partial charge < -0.3 is 10.1 Å². The van der Waals surface area contributed by atoms with Crippen LogP contribution in [0.1, 0.15) is 6.42 Å². The van der Waals surface area contributed by atoms with E-state index in [1.165, 1.54) is 0 Å². The molecule has 108 valence electrons. The van der Waals surface area contributed by atoms with Crippen LogP contribution in [0.25, 0.3) is 0 Å². The van der Waals surface area contributed by atoms with Crippen LogP contribution in [0, 0.1) is 0 Å². The lowest BCUT2D eigenvalue weighted by molar-refractivity contribution is -0.137. The van der Waals surface area contributed by atoms with Gasteiger partial charge in [0.05, 0.1) is 15.7 Å². The topological polar surface area (TPSA) is 55.4 Å². The number of benzene rings is 2. The highest BCUT2D eigenvalue weighted by molar-refractivity contribution is 6.44. The van der Waals surface area contributed by atoms with Crippen LogP contribution in [0.4, 0.5) is 5.69 Å². The zero-order valence-electron chi connectivity index (χ0n) is 10.8. The molecular formula is C15H11Cl2NO3. The monoisotopic (exact) mass is 323 g/mol. The number of anilines is 1. The summed E-state index contributed by atoms with van der Waals surface area (Å²) in [4.78, 5) is 23.4. The maximum absolute atomic E-state index is 11.8. The van der Waals surface area contributed by atoms with Crippen LogP contribution in [0.2, 0.25) is 10.0 Å². The zero-order chi connectivity index (χ0) is 15.2. The van der Waals surface area contributed by atoms with Gasteiger partial charge in [-0.15, -0.1) is 0 Å². The van der Waals surface area contributed by atoms with E-state index in [2.05, 4.69) is 5.32 Å². The van der Waals surface area contributed by atoms with Crippen molar-refractivity contribution in [2.24, 2.45) is 0 Å². The molecule has 0 radical (unpaired) electrons. The van der Waals surface area contributed by atoms with Gasteiger partial charge in [0, 0.05) is 0 Å². The van der Waals surface area contributed by atoms with Crippen LogP contribution >= 0.6 is 23.2 Å². The Kier molecular flexibility index (Phi) is 5.20. The van der Waals surface area contributed by atoms with Gasteiger partial charge in [-0.2, -0.15) is 0 Å². The Bertz CT molecular complexity index is 659. The fraction of sp³-hybridized carbons (Fsp3) is 0.0667. The molecule has 21 heavy (non-hydrogen) atoms. The lowest BCUT2D eigenvalue weighted by atomic mass is 10.3. The summed E-state index contributed by atoms with van der Waals surface area (Å²) < 4.78 is 5.02. The van der Waals surface area contributed by atoms with Crippen molar-refractivity contribution in [1.82, 2.24) is 0 Å². The normalized spacial score (nSPS) is 10.0. The summed E-state index contributed by atoms with van der Waals surface area (Å²) in [5.41, 5.74) is 0.349. The smallest absolute Gasteiger partial charge is 0.320 e. The minimum atomic E-state index is -0.656. The van der Waals surface area contributed by atoms with Gasteiger partial charge in [0.15, 0.2) is 0 Å². The minimum absolute atomic E-state index is 0.226. The molecule has 0 atom stereocenters. The number of halogens is 2. The molecular weight excluding hydrogens is 313 g/mol. The third-order valence-corrected chi connectivity index (χ3v) is 3.32. The van der Waals surface area contributed by atoms with Gasteiger partial charge in [-0.25, -0.2) is 0 Å². The molecule has 0 bridgehead atoms. The van der Waals surface area contributed by atoms with Crippen molar-refractivity contribution < 1.29 is 14.3 Å². The van der Waals surface area contributed by atoms with Crippen molar-refractivity contribution in [2.75, 3.05) is 5.32 Å². The minimum Gasteiger partial charge on any atom is -0.426 e. The molecule has 0 saturated carbocycles. The molecule has 0 aliphatic rings. The molecule has 6 heteroatoms. The van der Waals surface area contributed by atoms with Gasteiger partial charge in [0.1, 0.15) is 12.2 Å². The lowest BCUT2D eigenvalue weighted by Gasteiger charge is -2.08. The molecule has 0 heterocycles. The summed E-state index contributed by atoms with van der Waals surface area (Å²) in [7, 11) is 0. The quantitative estimate of drug-likeness (QED) is 0.527. The predicted octanol–water partition coefficient (Wildman–Crippen LogP) is 3.93. The summed E-state index contributed by atoms with van der Waals surface area (Å²) in [5.74, 6) is -0.798. The molecule has 1 N–H and O–H groups in total. The van der Waals surface area contributed by atoms with Crippen LogP contribution in [0.15, 0.2) is 48.5 Å². The van der Waals surface area contributed by atoms with Crippen LogP contribution < -0.4 is 10.1 Å². The van der Waals surface area contributed by atoms with E-state index in [0.29, 0.717) is 16.5 Å². The summed E-state index contributed by atoms with van der Waals surface area (Å²) in [5, 5.41) is 3.06. The highest BCUT2D eigenvalue weighted by Gasteiger charge is 2.14. The van der Waals surface area contributed by atoms with Crippen LogP contribution in [0.5, 0.6) is 5.75 Å². The number of esters is 1. The summed E-state index contributed by atoms with van der Waals surface area (Å²) in [6.45, 7) is 0. The fourth-order valence-corrected chi connectivity index (χ4v) is 1.93. The van der Waals surface area contributed by atoms with Crippen LogP contribution in [0.3, 0.4) is 0 Å². The Labute approximate surface area is 131 Å². The number of hydrogen-bond donors (Lipinski definition) is 1. The number of amides is 1. The van der Waals surface area contributed by atoms with Crippen molar-refractivity contribution in [3.63, 3.8) is 0 Å². The van der Waals surface area contributed by atoms with Gasteiger partial charge in [-0.1, -0.05) is 47.5 Å². The first kappa shape index (κ1) is 15.4.